The number of hydrogen-bond acceptors (Lipinski definition) is 6. The fraction of sp³-hybridized carbons (Fsp3) is 0.200. The largest absolute Gasteiger partial charge is 0.412 e. The number of nitrogens with one attached hydrogen (secondary N) is 1. The third-order valence-electron chi connectivity index (χ3n) is 5.16. The molecule has 0 radical (unpaired) electrons. The van der Waals surface area contributed by atoms with Gasteiger partial charge in [0.2, 0.25) is 0 Å². The quantitative estimate of drug-likeness (QED) is 0.334. The second-order valence-electron chi connectivity index (χ2n) is 7.65. The molecule has 0 fully saturated rings. The van der Waals surface area contributed by atoms with Gasteiger partial charge in [-0.15, -0.1) is 21.5 Å². The Labute approximate surface area is 206 Å². The number of ether oxygens (including phenoxy) is 1. The fourth-order valence-corrected chi connectivity index (χ4v) is 4.86. The molecule has 1 N–H and O–H groups in total. The summed E-state index contributed by atoms with van der Waals surface area (Å²) in [7, 11) is 0. The monoisotopic (exact) mass is 494 g/mol. The number of hydrogen-bond donors (Lipinski definition) is 1. The standard InChI is InChI=1S/C25H23ClN4O3S/c1-4-18-13-20(23(31)19-10-5-6-11-21(19)26)24(34-18)30-16(3)28-29-22(30)14-27-25(32)33-17-9-7-8-15(2)12-17/h5-13H,4,14H2,1-3H3,(H,27,32). The molecule has 0 aliphatic heterocycles. The van der Waals surface area contributed by atoms with Crippen LogP contribution in [-0.4, -0.2) is 26.6 Å². The normalized spacial score (nSPS) is 10.8. The lowest BCUT2D eigenvalue weighted by atomic mass is 10.0. The Morgan fingerprint density at radius 3 is 2.59 bits per heavy atom. The van der Waals surface area contributed by atoms with Crippen LogP contribution >= 0.6 is 22.9 Å². The van der Waals surface area contributed by atoms with Crippen LogP contribution in [0.25, 0.3) is 5.00 Å². The molecule has 0 spiro atoms. The van der Waals surface area contributed by atoms with Crippen LogP contribution in [0.2, 0.25) is 5.02 Å². The first-order valence-electron chi connectivity index (χ1n) is 10.7. The highest BCUT2D eigenvalue weighted by Gasteiger charge is 2.24. The molecular weight excluding hydrogens is 472 g/mol. The van der Waals surface area contributed by atoms with Gasteiger partial charge in [-0.25, -0.2) is 4.79 Å². The molecule has 0 saturated heterocycles. The van der Waals surface area contributed by atoms with E-state index in [1.54, 1.807) is 47.9 Å². The second-order valence-corrected chi connectivity index (χ2v) is 9.17. The summed E-state index contributed by atoms with van der Waals surface area (Å²) < 4.78 is 7.14. The van der Waals surface area contributed by atoms with Crippen molar-refractivity contribution in [3.8, 4) is 10.8 Å². The van der Waals surface area contributed by atoms with Gasteiger partial charge in [-0.05, 0) is 56.2 Å². The maximum atomic E-state index is 13.4. The number of amides is 1. The van der Waals surface area contributed by atoms with Gasteiger partial charge >= 0.3 is 6.09 Å². The smallest absolute Gasteiger partial charge is 0.410 e. The lowest BCUT2D eigenvalue weighted by Crippen LogP contribution is -2.27. The number of ketones is 1. The van der Waals surface area contributed by atoms with Crippen LogP contribution in [0.1, 0.15) is 44.9 Å². The van der Waals surface area contributed by atoms with Gasteiger partial charge in [0.1, 0.15) is 16.6 Å². The molecule has 0 atom stereocenters. The van der Waals surface area contributed by atoms with Crippen LogP contribution in [0, 0.1) is 13.8 Å². The van der Waals surface area contributed by atoms with Crippen molar-refractivity contribution in [2.24, 2.45) is 0 Å². The molecule has 9 heteroatoms. The summed E-state index contributed by atoms with van der Waals surface area (Å²) in [6.07, 6.45) is 0.163. The van der Waals surface area contributed by atoms with Crippen molar-refractivity contribution in [1.82, 2.24) is 20.1 Å². The number of carbonyl (C=O) groups excluding carboxylic acids is 2. The lowest BCUT2D eigenvalue weighted by Gasteiger charge is -2.11. The molecule has 0 saturated carbocycles. The Hall–Kier alpha value is -3.49. The average Bonchev–Trinajstić information content (AvgIpc) is 3.40. The van der Waals surface area contributed by atoms with E-state index in [-0.39, 0.29) is 12.3 Å². The summed E-state index contributed by atoms with van der Waals surface area (Å²) in [6.45, 7) is 5.83. The molecule has 4 rings (SSSR count). The summed E-state index contributed by atoms with van der Waals surface area (Å²) >= 11 is 7.79. The van der Waals surface area contributed by atoms with E-state index in [4.69, 9.17) is 16.3 Å². The number of rotatable bonds is 7. The lowest BCUT2D eigenvalue weighted by molar-refractivity contribution is 0.103. The van der Waals surface area contributed by atoms with Gasteiger partial charge < -0.3 is 10.1 Å². The van der Waals surface area contributed by atoms with Gasteiger partial charge in [-0.2, -0.15) is 0 Å². The van der Waals surface area contributed by atoms with Crippen molar-refractivity contribution in [3.63, 3.8) is 0 Å². The molecule has 4 aromatic rings. The minimum Gasteiger partial charge on any atom is -0.410 e. The number of thiophene rings is 1. The molecule has 1 amide bonds. The highest BCUT2D eigenvalue weighted by Crippen LogP contribution is 2.32. The minimum absolute atomic E-state index is 0.0740. The van der Waals surface area contributed by atoms with Crippen molar-refractivity contribution in [1.29, 1.82) is 0 Å². The molecule has 2 aromatic heterocycles. The van der Waals surface area contributed by atoms with Crippen molar-refractivity contribution in [2.75, 3.05) is 0 Å². The van der Waals surface area contributed by atoms with E-state index in [0.717, 1.165) is 16.9 Å². The van der Waals surface area contributed by atoms with E-state index >= 15 is 0 Å². The van der Waals surface area contributed by atoms with Gasteiger partial charge in [0, 0.05) is 10.4 Å². The number of nitrogens with zero attached hydrogens (tertiary/aromatic N) is 3. The summed E-state index contributed by atoms with van der Waals surface area (Å²) in [5.41, 5.74) is 1.93. The van der Waals surface area contributed by atoms with Gasteiger partial charge in [-0.3, -0.25) is 9.36 Å². The van der Waals surface area contributed by atoms with Crippen LogP contribution in [0.4, 0.5) is 4.79 Å². The highest BCUT2D eigenvalue weighted by atomic mass is 35.5. The van der Waals surface area contributed by atoms with Crippen molar-refractivity contribution < 1.29 is 14.3 Å². The van der Waals surface area contributed by atoms with Gasteiger partial charge in [0.05, 0.1) is 17.1 Å². The summed E-state index contributed by atoms with van der Waals surface area (Å²) in [5.74, 6) is 1.36. The maximum Gasteiger partial charge on any atom is 0.412 e. The molecule has 0 aliphatic rings. The van der Waals surface area contributed by atoms with Crippen molar-refractivity contribution in [2.45, 2.75) is 33.7 Å². The summed E-state index contributed by atoms with van der Waals surface area (Å²) in [4.78, 5) is 26.8. The molecule has 0 bridgehead atoms. The van der Waals surface area contributed by atoms with Crippen molar-refractivity contribution >= 4 is 34.8 Å². The van der Waals surface area contributed by atoms with E-state index < -0.39 is 6.09 Å². The van der Waals surface area contributed by atoms with E-state index in [2.05, 4.69) is 15.5 Å². The van der Waals surface area contributed by atoms with Crippen LogP contribution in [-0.2, 0) is 13.0 Å². The van der Waals surface area contributed by atoms with Crippen LogP contribution in [0.15, 0.2) is 54.6 Å². The first-order chi connectivity index (χ1) is 16.4. The van der Waals surface area contributed by atoms with Crippen LogP contribution in [0.3, 0.4) is 0 Å². The fourth-order valence-electron chi connectivity index (χ4n) is 3.48. The third kappa shape index (κ3) is 5.03. The second kappa shape index (κ2) is 10.2. The van der Waals surface area contributed by atoms with Gasteiger partial charge in [0.25, 0.3) is 0 Å². The molecule has 2 heterocycles. The molecule has 174 valence electrons. The maximum absolute atomic E-state index is 13.4. The average molecular weight is 495 g/mol. The Balaban J connectivity index is 1.62. The predicted molar refractivity (Wildman–Crippen MR) is 132 cm³/mol. The Bertz CT molecular complexity index is 1360. The first kappa shape index (κ1) is 23.7. The van der Waals surface area contributed by atoms with Gasteiger partial charge in [0.15, 0.2) is 11.6 Å². The predicted octanol–water partition coefficient (Wildman–Crippen LogP) is 5.68. The SMILES string of the molecule is CCc1cc(C(=O)c2ccccc2Cl)c(-n2c(C)nnc2CNC(=O)Oc2cccc(C)c2)s1. The number of carbonyl (C=O) groups is 2. The molecule has 34 heavy (non-hydrogen) atoms. The van der Waals surface area contributed by atoms with E-state index in [0.29, 0.717) is 38.5 Å². The van der Waals surface area contributed by atoms with E-state index in [9.17, 15) is 9.59 Å². The third-order valence-corrected chi connectivity index (χ3v) is 6.76. The molecule has 0 aliphatic carbocycles. The zero-order valence-corrected chi connectivity index (χ0v) is 20.5. The van der Waals surface area contributed by atoms with Crippen LogP contribution in [0.5, 0.6) is 5.75 Å². The zero-order valence-electron chi connectivity index (χ0n) is 19.0. The van der Waals surface area contributed by atoms with Crippen LogP contribution < -0.4 is 10.1 Å². The summed E-state index contributed by atoms with van der Waals surface area (Å²) in [6, 6.07) is 16.1. The van der Waals surface area contributed by atoms with Crippen molar-refractivity contribution in [3.05, 3.63) is 92.8 Å². The number of halogens is 1. The number of aromatic nitrogens is 3. The molecule has 2 aromatic carbocycles. The zero-order chi connectivity index (χ0) is 24.2. The molecule has 0 unspecified atom stereocenters. The first-order valence-corrected chi connectivity index (χ1v) is 11.9. The Morgan fingerprint density at radius 2 is 1.85 bits per heavy atom. The van der Waals surface area contributed by atoms with E-state index in [1.165, 1.54) is 11.3 Å². The Kier molecular flexibility index (Phi) is 7.09. The van der Waals surface area contributed by atoms with E-state index in [1.807, 2.05) is 32.0 Å². The minimum atomic E-state index is -0.606. The molecule has 7 nitrogen and oxygen atoms in total. The van der Waals surface area contributed by atoms with Gasteiger partial charge in [-0.1, -0.05) is 42.8 Å². The highest BCUT2D eigenvalue weighted by molar-refractivity contribution is 7.15. The number of benzene rings is 2. The topological polar surface area (TPSA) is 86.1 Å². The molecular formula is C25H23ClN4O3S. The number of aryl methyl sites for hydroxylation is 3. The Morgan fingerprint density at radius 1 is 1.06 bits per heavy atom. The summed E-state index contributed by atoms with van der Waals surface area (Å²) in [5, 5.41) is 12.2.